The highest BCUT2D eigenvalue weighted by Gasteiger charge is 2.18. The lowest BCUT2D eigenvalue weighted by atomic mass is 10.3. The van der Waals surface area contributed by atoms with Gasteiger partial charge in [-0.3, -0.25) is 14.9 Å². The fourth-order valence-electron chi connectivity index (χ4n) is 0.944. The van der Waals surface area contributed by atoms with Crippen molar-refractivity contribution in [2.24, 2.45) is 0 Å². The largest absolute Gasteiger partial charge is 0.474 e. The van der Waals surface area contributed by atoms with E-state index in [0.717, 1.165) is 0 Å². The summed E-state index contributed by atoms with van der Waals surface area (Å²) in [7, 11) is 0. The molecule has 5 nitrogen and oxygen atoms in total. The first-order valence-corrected chi connectivity index (χ1v) is 4.49. The summed E-state index contributed by atoms with van der Waals surface area (Å²) < 4.78 is 5.05. The zero-order chi connectivity index (χ0) is 11.4. The molecule has 1 unspecified atom stereocenters. The van der Waals surface area contributed by atoms with Gasteiger partial charge >= 0.3 is 5.69 Å². The van der Waals surface area contributed by atoms with Crippen molar-refractivity contribution in [2.75, 3.05) is 0 Å². The summed E-state index contributed by atoms with van der Waals surface area (Å²) in [5.74, 6) is 0.0315. The number of nitro benzene ring substituents is 1. The Balaban J connectivity index is 2.94. The molecule has 0 aliphatic rings. The maximum atomic E-state index is 10.7. The lowest BCUT2D eigenvalue weighted by molar-refractivity contribution is -0.386. The van der Waals surface area contributed by atoms with Gasteiger partial charge in [0.05, 0.1) is 4.92 Å². The van der Waals surface area contributed by atoms with Crippen LogP contribution in [0, 0.1) is 10.1 Å². The van der Waals surface area contributed by atoms with Crippen LogP contribution in [0.4, 0.5) is 5.69 Å². The van der Waals surface area contributed by atoms with Gasteiger partial charge in [0.25, 0.3) is 5.24 Å². The second kappa shape index (κ2) is 4.75. The Morgan fingerprint density at radius 2 is 2.13 bits per heavy atom. The van der Waals surface area contributed by atoms with Crippen LogP contribution < -0.4 is 4.74 Å². The molecule has 1 atom stereocenters. The second-order valence-corrected chi connectivity index (χ2v) is 3.16. The van der Waals surface area contributed by atoms with Gasteiger partial charge < -0.3 is 4.74 Å². The summed E-state index contributed by atoms with van der Waals surface area (Å²) in [4.78, 5) is 20.7. The van der Waals surface area contributed by atoms with Gasteiger partial charge in [-0.2, -0.15) is 0 Å². The van der Waals surface area contributed by atoms with Crippen LogP contribution in [0.25, 0.3) is 0 Å². The molecule has 1 aromatic carbocycles. The minimum Gasteiger partial charge on any atom is -0.474 e. The van der Waals surface area contributed by atoms with Crippen LogP contribution in [-0.4, -0.2) is 16.3 Å². The summed E-state index contributed by atoms with van der Waals surface area (Å²) in [5.41, 5.74) is -0.192. The Labute approximate surface area is 90.8 Å². The molecule has 0 aliphatic heterocycles. The molecule has 0 fully saturated rings. The first kappa shape index (κ1) is 11.5. The molecule has 0 saturated carbocycles. The topological polar surface area (TPSA) is 69.4 Å². The number of ether oxygens (including phenoxy) is 1. The summed E-state index contributed by atoms with van der Waals surface area (Å²) in [6, 6.07) is 5.79. The molecule has 0 saturated heterocycles. The predicted molar refractivity (Wildman–Crippen MR) is 54.0 cm³/mol. The molecule has 0 heterocycles. The van der Waals surface area contributed by atoms with Crippen LogP contribution in [0.1, 0.15) is 6.92 Å². The number of carbonyl (C=O) groups is 1. The quantitative estimate of drug-likeness (QED) is 0.451. The number of para-hydroxylation sites is 2. The molecule has 0 radical (unpaired) electrons. The van der Waals surface area contributed by atoms with Crippen molar-refractivity contribution >= 4 is 22.5 Å². The normalized spacial score (nSPS) is 11.9. The minimum absolute atomic E-state index is 0.0315. The van der Waals surface area contributed by atoms with Gasteiger partial charge in [0.1, 0.15) is 0 Å². The Morgan fingerprint density at radius 1 is 1.53 bits per heavy atom. The average molecular weight is 230 g/mol. The van der Waals surface area contributed by atoms with Gasteiger partial charge in [-0.25, -0.2) is 0 Å². The smallest absolute Gasteiger partial charge is 0.310 e. The molecule has 0 N–H and O–H groups in total. The lowest BCUT2D eigenvalue weighted by Gasteiger charge is -2.09. The zero-order valence-corrected chi connectivity index (χ0v) is 8.60. The molecule has 0 spiro atoms. The van der Waals surface area contributed by atoms with Crippen LogP contribution in [0.3, 0.4) is 0 Å². The van der Waals surface area contributed by atoms with Crippen molar-refractivity contribution < 1.29 is 14.5 Å². The summed E-state index contributed by atoms with van der Waals surface area (Å²) in [6.07, 6.45) is -0.909. The molecule has 0 bridgehead atoms. The van der Waals surface area contributed by atoms with Crippen molar-refractivity contribution in [3.8, 4) is 5.75 Å². The Hall–Kier alpha value is -1.62. The van der Waals surface area contributed by atoms with Crippen molar-refractivity contribution in [2.45, 2.75) is 13.0 Å². The van der Waals surface area contributed by atoms with Crippen LogP contribution in [0.2, 0.25) is 0 Å². The maximum Gasteiger partial charge on any atom is 0.310 e. The first-order chi connectivity index (χ1) is 7.02. The number of hydrogen-bond donors (Lipinski definition) is 0. The molecule has 80 valence electrons. The highest BCUT2D eigenvalue weighted by Crippen LogP contribution is 2.26. The molecule has 15 heavy (non-hydrogen) atoms. The number of hydrogen-bond acceptors (Lipinski definition) is 4. The maximum absolute atomic E-state index is 10.7. The lowest BCUT2D eigenvalue weighted by Crippen LogP contribution is -2.19. The first-order valence-electron chi connectivity index (χ1n) is 4.12. The van der Waals surface area contributed by atoms with E-state index in [-0.39, 0.29) is 11.4 Å². The summed E-state index contributed by atoms with van der Waals surface area (Å²) in [6.45, 7) is 1.42. The van der Waals surface area contributed by atoms with E-state index in [1.54, 1.807) is 6.07 Å². The van der Waals surface area contributed by atoms with E-state index >= 15 is 0 Å². The van der Waals surface area contributed by atoms with E-state index < -0.39 is 16.3 Å². The number of halogens is 1. The van der Waals surface area contributed by atoms with Crippen LogP contribution in [-0.2, 0) is 4.79 Å². The summed E-state index contributed by atoms with van der Waals surface area (Å²) in [5, 5.41) is 9.88. The van der Waals surface area contributed by atoms with E-state index in [4.69, 9.17) is 16.3 Å². The third-order valence-electron chi connectivity index (χ3n) is 1.69. The molecule has 0 aliphatic carbocycles. The van der Waals surface area contributed by atoms with E-state index in [1.807, 2.05) is 0 Å². The number of nitro groups is 1. The zero-order valence-electron chi connectivity index (χ0n) is 7.84. The SMILES string of the molecule is CC(Oc1ccccc1[N+](=O)[O-])C(=O)Cl. The molecular formula is C9H8ClNO4. The second-order valence-electron chi connectivity index (χ2n) is 2.79. The highest BCUT2D eigenvalue weighted by molar-refractivity contribution is 6.64. The number of carbonyl (C=O) groups excluding carboxylic acids is 1. The van der Waals surface area contributed by atoms with Gasteiger partial charge in [-0.05, 0) is 24.6 Å². The highest BCUT2D eigenvalue weighted by atomic mass is 35.5. The fourth-order valence-corrected chi connectivity index (χ4v) is 0.989. The van der Waals surface area contributed by atoms with Crippen LogP contribution >= 0.6 is 11.6 Å². The van der Waals surface area contributed by atoms with Gasteiger partial charge in [0.2, 0.25) is 0 Å². The molecule has 0 aromatic heterocycles. The number of rotatable bonds is 4. The summed E-state index contributed by atoms with van der Waals surface area (Å²) >= 11 is 5.18. The standard InChI is InChI=1S/C9H8ClNO4/c1-6(9(10)12)15-8-5-3-2-4-7(8)11(13)14/h2-6H,1H3. The third-order valence-corrected chi connectivity index (χ3v) is 1.99. The monoisotopic (exact) mass is 229 g/mol. The van der Waals surface area contributed by atoms with E-state index in [2.05, 4.69) is 0 Å². The van der Waals surface area contributed by atoms with E-state index in [0.29, 0.717) is 0 Å². The molecular weight excluding hydrogens is 222 g/mol. The number of nitrogens with zero attached hydrogens (tertiary/aromatic N) is 1. The van der Waals surface area contributed by atoms with Crippen molar-refractivity contribution in [3.63, 3.8) is 0 Å². The van der Waals surface area contributed by atoms with Gasteiger partial charge in [0.15, 0.2) is 11.9 Å². The number of benzene rings is 1. The Kier molecular flexibility index (Phi) is 3.62. The van der Waals surface area contributed by atoms with Crippen molar-refractivity contribution in [1.82, 2.24) is 0 Å². The predicted octanol–water partition coefficient (Wildman–Crippen LogP) is 2.13. The van der Waals surface area contributed by atoms with Gasteiger partial charge in [0, 0.05) is 6.07 Å². The van der Waals surface area contributed by atoms with Gasteiger partial charge in [-0.1, -0.05) is 12.1 Å². The fraction of sp³-hybridized carbons (Fsp3) is 0.222. The van der Waals surface area contributed by atoms with Crippen LogP contribution in [0.15, 0.2) is 24.3 Å². The van der Waals surface area contributed by atoms with E-state index in [9.17, 15) is 14.9 Å². The minimum atomic E-state index is -0.909. The molecule has 1 aromatic rings. The third kappa shape index (κ3) is 2.92. The van der Waals surface area contributed by atoms with Gasteiger partial charge in [-0.15, -0.1) is 0 Å². The van der Waals surface area contributed by atoms with E-state index in [1.165, 1.54) is 25.1 Å². The van der Waals surface area contributed by atoms with Crippen LogP contribution in [0.5, 0.6) is 5.75 Å². The van der Waals surface area contributed by atoms with Crippen molar-refractivity contribution in [3.05, 3.63) is 34.4 Å². The average Bonchev–Trinajstić information content (AvgIpc) is 2.18. The molecule has 0 amide bonds. The Morgan fingerprint density at radius 3 is 2.67 bits per heavy atom. The molecule has 1 rings (SSSR count). The van der Waals surface area contributed by atoms with Crippen molar-refractivity contribution in [1.29, 1.82) is 0 Å². The Bertz CT molecular complexity index is 393. The molecule has 6 heteroatoms.